The van der Waals surface area contributed by atoms with Crippen molar-refractivity contribution < 1.29 is 8.78 Å². The Hall–Kier alpha value is -1.42. The van der Waals surface area contributed by atoms with Crippen LogP contribution in [-0.4, -0.2) is 8.07 Å². The molecule has 4 heteroatoms. The van der Waals surface area contributed by atoms with Crippen LogP contribution in [0.25, 0.3) is 5.57 Å². The van der Waals surface area contributed by atoms with Crippen LogP contribution >= 0.6 is 0 Å². The van der Waals surface area contributed by atoms with E-state index in [1.54, 1.807) is 24.3 Å². The molecule has 0 amide bonds. The molecule has 0 spiro atoms. The monoisotopic (exact) mass is 337 g/mol. The molecule has 0 unspecified atom stereocenters. The maximum Gasteiger partial charge on any atom is 0.277 e. The van der Waals surface area contributed by atoms with Crippen LogP contribution in [0.1, 0.15) is 47.1 Å². The van der Waals surface area contributed by atoms with Crippen LogP contribution in [0.5, 0.6) is 0 Å². The van der Waals surface area contributed by atoms with E-state index in [0.717, 1.165) is 0 Å². The van der Waals surface area contributed by atoms with Crippen LogP contribution in [0, 0.1) is 0 Å². The van der Waals surface area contributed by atoms with Crippen molar-refractivity contribution in [2.75, 3.05) is 5.73 Å². The van der Waals surface area contributed by atoms with Gasteiger partial charge in [-0.15, -0.1) is 0 Å². The van der Waals surface area contributed by atoms with Crippen LogP contribution in [0.2, 0.25) is 16.6 Å². The molecule has 128 valence electrons. The highest BCUT2D eigenvalue weighted by Crippen LogP contribution is 2.50. The largest absolute Gasteiger partial charge is 0.399 e. The second kappa shape index (κ2) is 7.43. The van der Waals surface area contributed by atoms with Gasteiger partial charge in [0.05, 0.1) is 8.07 Å². The molecule has 0 bridgehead atoms. The number of benzene rings is 1. The lowest BCUT2D eigenvalue weighted by Crippen LogP contribution is -2.47. The molecule has 0 radical (unpaired) electrons. The van der Waals surface area contributed by atoms with Crippen LogP contribution in [-0.2, 0) is 0 Å². The highest BCUT2D eigenvalue weighted by atomic mass is 28.3. The molecule has 0 aliphatic carbocycles. The minimum Gasteiger partial charge on any atom is -0.399 e. The maximum absolute atomic E-state index is 13.9. The van der Waals surface area contributed by atoms with Gasteiger partial charge in [0.1, 0.15) is 0 Å². The second-order valence-electron chi connectivity index (χ2n) is 7.13. The van der Waals surface area contributed by atoms with Crippen molar-refractivity contribution >= 4 is 19.3 Å². The Morgan fingerprint density at radius 3 is 1.61 bits per heavy atom. The molecule has 2 N–H and O–H groups in total. The Morgan fingerprint density at radius 2 is 1.30 bits per heavy atom. The third-order valence-electron chi connectivity index (χ3n) is 5.08. The lowest BCUT2D eigenvalue weighted by Gasteiger charge is -2.45. The molecular weight excluding hydrogens is 308 g/mol. The standard InChI is InChI=1S/C19H29F2NSi/c1-12(2)23(13(3)4,14(5)6)15(7)18(19(20)21)16-8-10-17(22)11-9-16/h8-14H,7,22H2,1-6H3. The van der Waals surface area contributed by atoms with Crippen molar-refractivity contribution in [3.63, 3.8) is 0 Å². The summed E-state index contributed by atoms with van der Waals surface area (Å²) in [6, 6.07) is 6.65. The zero-order chi connectivity index (χ0) is 17.9. The molecule has 0 saturated heterocycles. The number of nitrogens with two attached hydrogens (primary N) is 1. The molecule has 1 rings (SSSR count). The predicted molar refractivity (Wildman–Crippen MR) is 100 cm³/mol. The number of hydrogen-bond donors (Lipinski definition) is 1. The average molecular weight is 338 g/mol. The van der Waals surface area contributed by atoms with E-state index in [4.69, 9.17) is 5.73 Å². The molecule has 0 heterocycles. The number of allylic oxidation sites excluding steroid dienone is 2. The number of anilines is 1. The average Bonchev–Trinajstić information content (AvgIpc) is 2.40. The first kappa shape index (κ1) is 19.6. The summed E-state index contributed by atoms with van der Waals surface area (Å²) in [4.78, 5) is 0. The summed E-state index contributed by atoms with van der Waals surface area (Å²) in [7, 11) is -2.22. The molecule has 0 aliphatic heterocycles. The topological polar surface area (TPSA) is 26.0 Å². The third kappa shape index (κ3) is 3.57. The predicted octanol–water partition coefficient (Wildman–Crippen LogP) is 6.65. The summed E-state index contributed by atoms with van der Waals surface area (Å²) in [5.74, 6) is 0. The molecule has 0 aliphatic rings. The van der Waals surface area contributed by atoms with E-state index >= 15 is 0 Å². The Labute approximate surface area is 140 Å². The highest BCUT2D eigenvalue weighted by molar-refractivity contribution is 6.91. The number of halogens is 2. The van der Waals surface area contributed by atoms with Gasteiger partial charge in [-0.25, -0.2) is 0 Å². The molecule has 0 fully saturated rings. The van der Waals surface area contributed by atoms with E-state index in [1.807, 2.05) is 0 Å². The quantitative estimate of drug-likeness (QED) is 0.351. The van der Waals surface area contributed by atoms with Crippen molar-refractivity contribution in [2.24, 2.45) is 0 Å². The summed E-state index contributed by atoms with van der Waals surface area (Å²) in [5.41, 5.74) is 7.78. The zero-order valence-electron chi connectivity index (χ0n) is 15.1. The van der Waals surface area contributed by atoms with E-state index in [0.29, 0.717) is 33.1 Å². The van der Waals surface area contributed by atoms with Gasteiger partial charge in [0.2, 0.25) is 0 Å². The highest BCUT2D eigenvalue weighted by Gasteiger charge is 2.46. The Balaban J connectivity index is 3.56. The van der Waals surface area contributed by atoms with Gasteiger partial charge >= 0.3 is 0 Å². The number of nitrogen functional groups attached to an aromatic ring is 1. The summed E-state index contributed by atoms with van der Waals surface area (Å²) >= 11 is 0. The first-order valence-electron chi connectivity index (χ1n) is 8.17. The van der Waals surface area contributed by atoms with Gasteiger partial charge in [-0.2, -0.15) is 8.78 Å². The van der Waals surface area contributed by atoms with Crippen LogP contribution < -0.4 is 5.73 Å². The second-order valence-corrected chi connectivity index (χ2v) is 13.1. The molecule has 1 aromatic carbocycles. The van der Waals surface area contributed by atoms with Crippen LogP contribution in [0.4, 0.5) is 14.5 Å². The zero-order valence-corrected chi connectivity index (χ0v) is 16.1. The molecular formula is C19H29F2NSi. The normalized spacial score (nSPS) is 12.1. The summed E-state index contributed by atoms with van der Waals surface area (Å²) in [5, 5.41) is 0.655. The smallest absolute Gasteiger partial charge is 0.277 e. The SMILES string of the molecule is C=C(C(=C(F)F)c1ccc(N)cc1)[Si](C(C)C)(C(C)C)C(C)C. The van der Waals surface area contributed by atoms with Crippen molar-refractivity contribution in [3.05, 3.63) is 47.7 Å². The van der Waals surface area contributed by atoms with Gasteiger partial charge in [0, 0.05) is 11.3 Å². The van der Waals surface area contributed by atoms with E-state index < -0.39 is 14.2 Å². The van der Waals surface area contributed by atoms with Gasteiger partial charge < -0.3 is 5.73 Å². The van der Waals surface area contributed by atoms with Crippen molar-refractivity contribution in [3.8, 4) is 0 Å². The minimum atomic E-state index is -2.22. The van der Waals surface area contributed by atoms with Gasteiger partial charge in [0.25, 0.3) is 6.08 Å². The van der Waals surface area contributed by atoms with Crippen LogP contribution in [0.3, 0.4) is 0 Å². The first-order chi connectivity index (χ1) is 10.6. The molecule has 0 saturated carbocycles. The lowest BCUT2D eigenvalue weighted by molar-refractivity contribution is 0.426. The fraction of sp³-hybridized carbons (Fsp3) is 0.474. The summed E-state index contributed by atoms with van der Waals surface area (Å²) < 4.78 is 27.7. The molecule has 23 heavy (non-hydrogen) atoms. The summed E-state index contributed by atoms with van der Waals surface area (Å²) in [6.07, 6.45) is -1.65. The molecule has 1 aromatic rings. The van der Waals surface area contributed by atoms with Crippen molar-refractivity contribution in [1.82, 2.24) is 0 Å². The molecule has 0 atom stereocenters. The van der Waals surface area contributed by atoms with Gasteiger partial charge in [-0.05, 0) is 34.3 Å². The lowest BCUT2D eigenvalue weighted by atomic mass is 10.1. The van der Waals surface area contributed by atoms with E-state index in [-0.39, 0.29) is 5.57 Å². The summed E-state index contributed by atoms with van der Waals surface area (Å²) in [6.45, 7) is 17.1. The fourth-order valence-electron chi connectivity index (χ4n) is 4.31. The van der Waals surface area contributed by atoms with Gasteiger partial charge in [-0.1, -0.05) is 65.5 Å². The number of hydrogen-bond acceptors (Lipinski definition) is 1. The minimum absolute atomic E-state index is 0.0211. The van der Waals surface area contributed by atoms with Gasteiger partial charge in [-0.3, -0.25) is 0 Å². The first-order valence-corrected chi connectivity index (χ1v) is 10.4. The van der Waals surface area contributed by atoms with E-state index in [2.05, 4.69) is 48.1 Å². The van der Waals surface area contributed by atoms with Crippen LogP contribution in [0.15, 0.2) is 42.1 Å². The van der Waals surface area contributed by atoms with Crippen molar-refractivity contribution in [2.45, 2.75) is 58.2 Å². The van der Waals surface area contributed by atoms with E-state index in [9.17, 15) is 8.78 Å². The third-order valence-corrected chi connectivity index (χ3v) is 12.1. The Kier molecular flexibility index (Phi) is 6.34. The molecule has 0 aromatic heterocycles. The maximum atomic E-state index is 13.9. The number of rotatable bonds is 6. The molecule has 1 nitrogen and oxygen atoms in total. The van der Waals surface area contributed by atoms with E-state index in [1.165, 1.54) is 0 Å². The Morgan fingerprint density at radius 1 is 0.913 bits per heavy atom. The van der Waals surface area contributed by atoms with Crippen molar-refractivity contribution in [1.29, 1.82) is 0 Å². The van der Waals surface area contributed by atoms with Gasteiger partial charge in [0.15, 0.2) is 0 Å². The Bertz CT molecular complexity index is 560. The fourth-order valence-corrected chi connectivity index (χ4v) is 11.1.